The van der Waals surface area contributed by atoms with E-state index in [0.29, 0.717) is 17.1 Å². The molecular formula is C10H18O. The molecule has 0 N–H and O–H groups in total. The van der Waals surface area contributed by atoms with Gasteiger partial charge in [-0.05, 0) is 24.2 Å². The first-order valence-corrected chi connectivity index (χ1v) is 4.55. The lowest BCUT2D eigenvalue weighted by Gasteiger charge is -2.42. The molecule has 0 aliphatic heterocycles. The van der Waals surface area contributed by atoms with E-state index in [1.54, 1.807) is 0 Å². The van der Waals surface area contributed by atoms with Crippen LogP contribution in [-0.4, -0.2) is 5.78 Å². The fraction of sp³-hybridized carbons (Fsp3) is 0.900. The quantitative estimate of drug-likeness (QED) is 0.611. The van der Waals surface area contributed by atoms with E-state index in [2.05, 4.69) is 13.8 Å². The molecule has 0 amide bonds. The molecule has 1 fully saturated rings. The fourth-order valence-corrected chi connectivity index (χ4v) is 2.11. The third-order valence-electron chi connectivity index (χ3n) is 2.59. The van der Waals surface area contributed by atoms with Crippen LogP contribution in [0.15, 0.2) is 0 Å². The summed E-state index contributed by atoms with van der Waals surface area (Å²) in [5.74, 6) is 1.14. The number of ketones is 1. The van der Waals surface area contributed by atoms with Gasteiger partial charge in [0.1, 0.15) is 5.78 Å². The smallest absolute Gasteiger partial charge is 0.132 e. The molecule has 1 rings (SSSR count). The lowest BCUT2D eigenvalue weighted by molar-refractivity contribution is -0.121. The molecule has 0 atom stereocenters. The molecule has 1 heteroatoms. The fourth-order valence-electron chi connectivity index (χ4n) is 2.11. The third-order valence-corrected chi connectivity index (χ3v) is 2.59. The van der Waals surface area contributed by atoms with Gasteiger partial charge in [0.25, 0.3) is 0 Å². The molecule has 0 saturated heterocycles. The van der Waals surface area contributed by atoms with Gasteiger partial charge in [-0.2, -0.15) is 0 Å². The highest BCUT2D eigenvalue weighted by Gasteiger charge is 2.36. The molecule has 1 aliphatic carbocycles. The molecule has 1 aliphatic rings. The van der Waals surface area contributed by atoms with Crippen LogP contribution in [0.4, 0.5) is 0 Å². The van der Waals surface area contributed by atoms with Crippen LogP contribution in [0, 0.1) is 11.3 Å². The predicted molar refractivity (Wildman–Crippen MR) is 46.4 cm³/mol. The molecule has 64 valence electrons. The van der Waals surface area contributed by atoms with Gasteiger partial charge in [-0.15, -0.1) is 0 Å². The zero-order valence-corrected chi connectivity index (χ0v) is 7.81. The first-order valence-electron chi connectivity index (χ1n) is 4.55. The maximum Gasteiger partial charge on any atom is 0.132 e. The molecule has 11 heavy (non-hydrogen) atoms. The molecule has 0 heterocycles. The van der Waals surface area contributed by atoms with Gasteiger partial charge < -0.3 is 0 Å². The van der Waals surface area contributed by atoms with Crippen LogP contribution in [0.3, 0.4) is 0 Å². The van der Waals surface area contributed by atoms with Crippen LogP contribution < -0.4 is 0 Å². The zero-order chi connectivity index (χ0) is 8.48. The Morgan fingerprint density at radius 1 is 1.45 bits per heavy atom. The van der Waals surface area contributed by atoms with E-state index in [1.807, 2.05) is 6.92 Å². The second-order valence-electron chi connectivity index (χ2n) is 4.53. The Morgan fingerprint density at radius 3 is 2.36 bits per heavy atom. The first kappa shape index (κ1) is 8.76. The van der Waals surface area contributed by atoms with Crippen molar-refractivity contribution in [2.24, 2.45) is 11.3 Å². The van der Waals surface area contributed by atoms with E-state index in [1.165, 1.54) is 12.8 Å². The summed E-state index contributed by atoms with van der Waals surface area (Å²) in [5, 5.41) is 0. The van der Waals surface area contributed by atoms with Gasteiger partial charge in [-0.25, -0.2) is 0 Å². The minimum Gasteiger partial charge on any atom is -0.300 e. The number of carbonyl (C=O) groups excluding carboxylic acids is 1. The molecule has 0 radical (unpaired) electrons. The van der Waals surface area contributed by atoms with Crippen LogP contribution in [0.1, 0.15) is 46.5 Å². The van der Waals surface area contributed by atoms with E-state index in [-0.39, 0.29) is 0 Å². The largest absolute Gasteiger partial charge is 0.300 e. The van der Waals surface area contributed by atoms with Crippen LogP contribution in [-0.2, 0) is 4.79 Å². The molecule has 1 saturated carbocycles. The highest BCUT2D eigenvalue weighted by molar-refractivity contribution is 5.78. The van der Waals surface area contributed by atoms with Crippen molar-refractivity contribution in [3.05, 3.63) is 0 Å². The van der Waals surface area contributed by atoms with E-state index in [9.17, 15) is 4.79 Å². The number of rotatable bonds is 3. The molecular weight excluding hydrogens is 136 g/mol. The Morgan fingerprint density at radius 2 is 2.00 bits per heavy atom. The summed E-state index contributed by atoms with van der Waals surface area (Å²) in [5.41, 5.74) is 0.526. The summed E-state index contributed by atoms with van der Waals surface area (Å²) < 4.78 is 0. The lowest BCUT2D eigenvalue weighted by Crippen LogP contribution is -2.32. The Labute approximate surface area is 69.2 Å². The Hall–Kier alpha value is -0.330. The van der Waals surface area contributed by atoms with Crippen molar-refractivity contribution >= 4 is 5.78 Å². The number of hydrogen-bond acceptors (Lipinski definition) is 1. The minimum absolute atomic E-state index is 0.436. The third kappa shape index (κ3) is 2.32. The monoisotopic (exact) mass is 154 g/mol. The van der Waals surface area contributed by atoms with Crippen molar-refractivity contribution in [1.82, 2.24) is 0 Å². The minimum atomic E-state index is 0.436. The number of Topliss-reactive ketones (excluding diaryl/α,β-unsaturated/α-hetero) is 1. The van der Waals surface area contributed by atoms with Crippen LogP contribution >= 0.6 is 0 Å². The van der Waals surface area contributed by atoms with Crippen molar-refractivity contribution < 1.29 is 4.79 Å². The summed E-state index contributed by atoms with van der Waals surface area (Å²) in [6.07, 6.45) is 4.05. The molecule has 0 aromatic carbocycles. The van der Waals surface area contributed by atoms with Gasteiger partial charge in [0.2, 0.25) is 0 Å². The average Bonchev–Trinajstić information content (AvgIpc) is 1.83. The summed E-state index contributed by atoms with van der Waals surface area (Å²) in [6.45, 7) is 6.51. The van der Waals surface area contributed by atoms with Crippen molar-refractivity contribution in [3.8, 4) is 0 Å². The predicted octanol–water partition coefficient (Wildman–Crippen LogP) is 2.79. The topological polar surface area (TPSA) is 17.1 Å². The Kier molecular flexibility index (Phi) is 2.36. The van der Waals surface area contributed by atoms with Crippen LogP contribution in [0.5, 0.6) is 0 Å². The van der Waals surface area contributed by atoms with E-state index in [0.717, 1.165) is 12.8 Å². The molecule has 0 aromatic rings. The highest BCUT2D eigenvalue weighted by Crippen LogP contribution is 2.46. The average molecular weight is 154 g/mol. The van der Waals surface area contributed by atoms with E-state index < -0.39 is 0 Å². The van der Waals surface area contributed by atoms with Gasteiger partial charge >= 0.3 is 0 Å². The lowest BCUT2D eigenvalue weighted by atomic mass is 9.63. The van der Waals surface area contributed by atoms with Gasteiger partial charge in [0.15, 0.2) is 0 Å². The second kappa shape index (κ2) is 2.96. The summed E-state index contributed by atoms with van der Waals surface area (Å²) >= 11 is 0. The molecule has 0 aromatic heterocycles. The normalized spacial score (nSPS) is 22.8. The van der Waals surface area contributed by atoms with Gasteiger partial charge in [-0.3, -0.25) is 4.79 Å². The first-order chi connectivity index (χ1) is 5.03. The van der Waals surface area contributed by atoms with E-state index in [4.69, 9.17) is 0 Å². The zero-order valence-electron chi connectivity index (χ0n) is 7.81. The second-order valence-corrected chi connectivity index (χ2v) is 4.53. The van der Waals surface area contributed by atoms with Gasteiger partial charge in [0, 0.05) is 12.8 Å². The maximum atomic E-state index is 11.0. The molecule has 1 nitrogen and oxygen atoms in total. The molecule has 0 bridgehead atoms. The summed E-state index contributed by atoms with van der Waals surface area (Å²) in [7, 11) is 0. The Balaban J connectivity index is 2.19. The highest BCUT2D eigenvalue weighted by atomic mass is 16.1. The maximum absolute atomic E-state index is 11.0. The number of carbonyl (C=O) groups is 1. The van der Waals surface area contributed by atoms with Gasteiger partial charge in [0.05, 0.1) is 0 Å². The van der Waals surface area contributed by atoms with Crippen molar-refractivity contribution in [2.75, 3.05) is 0 Å². The van der Waals surface area contributed by atoms with Crippen molar-refractivity contribution in [2.45, 2.75) is 46.5 Å². The summed E-state index contributed by atoms with van der Waals surface area (Å²) in [6, 6.07) is 0. The SMILES string of the molecule is CCC(=O)CC1CC(C)(C)C1. The van der Waals surface area contributed by atoms with Crippen LogP contribution in [0.2, 0.25) is 0 Å². The van der Waals surface area contributed by atoms with E-state index >= 15 is 0 Å². The standard InChI is InChI=1S/C10H18O/c1-4-9(11)5-8-6-10(2,3)7-8/h8H,4-7H2,1-3H3. The Bertz CT molecular complexity index is 150. The number of hydrogen-bond donors (Lipinski definition) is 0. The van der Waals surface area contributed by atoms with Crippen molar-refractivity contribution in [3.63, 3.8) is 0 Å². The molecule has 0 spiro atoms. The summed E-state index contributed by atoms with van der Waals surface area (Å²) in [4.78, 5) is 11.0. The molecule has 0 unspecified atom stereocenters. The van der Waals surface area contributed by atoms with Crippen molar-refractivity contribution in [1.29, 1.82) is 0 Å². The van der Waals surface area contributed by atoms with Crippen LogP contribution in [0.25, 0.3) is 0 Å². The van der Waals surface area contributed by atoms with Gasteiger partial charge in [-0.1, -0.05) is 20.8 Å².